The molecule has 0 spiro atoms. The van der Waals surface area contributed by atoms with Crippen molar-refractivity contribution in [2.75, 3.05) is 25.5 Å². The Morgan fingerprint density at radius 1 is 1.15 bits per heavy atom. The van der Waals surface area contributed by atoms with Crippen LogP contribution in [0.5, 0.6) is 0 Å². The average Bonchev–Trinajstić information content (AvgIpc) is 2.62. The van der Waals surface area contributed by atoms with E-state index < -0.39 is 11.8 Å². The molecule has 0 unspecified atom stereocenters. The Balaban J connectivity index is 1.85. The predicted molar refractivity (Wildman–Crippen MR) is 109 cm³/mol. The van der Waals surface area contributed by atoms with E-state index in [2.05, 4.69) is 26.6 Å². The van der Waals surface area contributed by atoms with Gasteiger partial charge >= 0.3 is 0 Å². The molecule has 142 valence electrons. The highest BCUT2D eigenvalue weighted by Gasteiger charge is 2.16. The van der Waals surface area contributed by atoms with Gasteiger partial charge in [0.05, 0.1) is 23.7 Å². The molecule has 0 aliphatic heterocycles. The van der Waals surface area contributed by atoms with Gasteiger partial charge in [-0.05, 0) is 42.8 Å². The zero-order valence-electron chi connectivity index (χ0n) is 14.9. The zero-order chi connectivity index (χ0) is 20.0. The molecule has 0 saturated heterocycles. The molecular formula is C19H19BrClN3O3. The molecule has 0 aliphatic carbocycles. The van der Waals surface area contributed by atoms with Gasteiger partial charge in [-0.1, -0.05) is 39.7 Å². The first-order valence-electron chi connectivity index (χ1n) is 8.10. The first-order valence-corrected chi connectivity index (χ1v) is 9.27. The third-order valence-electron chi connectivity index (χ3n) is 3.79. The molecule has 0 aromatic heterocycles. The Morgan fingerprint density at radius 2 is 1.85 bits per heavy atom. The van der Waals surface area contributed by atoms with Crippen LogP contribution in [0.2, 0.25) is 5.02 Å². The zero-order valence-corrected chi connectivity index (χ0v) is 17.2. The Kier molecular flexibility index (Phi) is 7.38. The Labute approximate surface area is 171 Å². The second-order valence-corrected chi connectivity index (χ2v) is 7.24. The van der Waals surface area contributed by atoms with Gasteiger partial charge in [0.1, 0.15) is 0 Å². The SMILES string of the molecule is Cc1cc(Br)ccc1NC(=O)CN(C)C(=O)CNC(=O)c1ccccc1Cl. The lowest BCUT2D eigenvalue weighted by atomic mass is 10.2. The largest absolute Gasteiger partial charge is 0.343 e. The number of carbonyl (C=O) groups excluding carboxylic acids is 3. The number of nitrogens with zero attached hydrogens (tertiary/aromatic N) is 1. The van der Waals surface area contributed by atoms with Crippen molar-refractivity contribution in [1.82, 2.24) is 10.2 Å². The molecule has 0 fully saturated rings. The number of hydrogen-bond acceptors (Lipinski definition) is 3. The summed E-state index contributed by atoms with van der Waals surface area (Å²) in [6, 6.07) is 12.0. The molecule has 0 heterocycles. The molecule has 2 N–H and O–H groups in total. The van der Waals surface area contributed by atoms with E-state index in [1.54, 1.807) is 30.3 Å². The summed E-state index contributed by atoms with van der Waals surface area (Å²) in [5.74, 6) is -1.16. The average molecular weight is 453 g/mol. The fourth-order valence-electron chi connectivity index (χ4n) is 2.29. The van der Waals surface area contributed by atoms with Crippen molar-refractivity contribution in [3.05, 3.63) is 63.1 Å². The molecule has 0 atom stereocenters. The van der Waals surface area contributed by atoms with Crippen LogP contribution in [0.25, 0.3) is 0 Å². The van der Waals surface area contributed by atoms with E-state index >= 15 is 0 Å². The number of anilines is 1. The van der Waals surface area contributed by atoms with Crippen LogP contribution >= 0.6 is 27.5 Å². The highest BCUT2D eigenvalue weighted by atomic mass is 79.9. The van der Waals surface area contributed by atoms with Gasteiger partial charge in [0.2, 0.25) is 11.8 Å². The molecule has 2 rings (SSSR count). The van der Waals surface area contributed by atoms with Crippen molar-refractivity contribution < 1.29 is 14.4 Å². The van der Waals surface area contributed by atoms with E-state index in [1.807, 2.05) is 19.1 Å². The fraction of sp³-hybridized carbons (Fsp3) is 0.211. The smallest absolute Gasteiger partial charge is 0.253 e. The van der Waals surface area contributed by atoms with Crippen molar-refractivity contribution in [3.63, 3.8) is 0 Å². The predicted octanol–water partition coefficient (Wildman–Crippen LogP) is 3.24. The molecular weight excluding hydrogens is 434 g/mol. The molecule has 3 amide bonds. The lowest BCUT2D eigenvalue weighted by Crippen LogP contribution is -2.41. The maximum Gasteiger partial charge on any atom is 0.253 e. The van der Waals surface area contributed by atoms with E-state index in [9.17, 15) is 14.4 Å². The minimum Gasteiger partial charge on any atom is -0.343 e. The number of nitrogens with one attached hydrogen (secondary N) is 2. The Hall–Kier alpha value is -2.38. The van der Waals surface area contributed by atoms with Crippen LogP contribution in [0.3, 0.4) is 0 Å². The monoisotopic (exact) mass is 451 g/mol. The first-order chi connectivity index (χ1) is 12.8. The standard InChI is InChI=1S/C19H19BrClN3O3/c1-12-9-13(20)7-8-16(12)23-17(25)11-24(2)18(26)10-22-19(27)14-5-3-4-6-15(14)21/h3-9H,10-11H2,1-2H3,(H,22,27)(H,23,25). The van der Waals surface area contributed by atoms with Crippen LogP contribution in [-0.2, 0) is 9.59 Å². The maximum absolute atomic E-state index is 12.2. The molecule has 6 nitrogen and oxygen atoms in total. The van der Waals surface area contributed by atoms with Gasteiger partial charge in [0.15, 0.2) is 0 Å². The highest BCUT2D eigenvalue weighted by molar-refractivity contribution is 9.10. The second-order valence-electron chi connectivity index (χ2n) is 5.92. The normalized spacial score (nSPS) is 10.2. The van der Waals surface area contributed by atoms with Crippen LogP contribution in [0.1, 0.15) is 15.9 Å². The van der Waals surface area contributed by atoms with Gasteiger partial charge in [-0.3, -0.25) is 14.4 Å². The van der Waals surface area contributed by atoms with Gasteiger partial charge in [0, 0.05) is 17.2 Å². The Morgan fingerprint density at radius 3 is 2.52 bits per heavy atom. The quantitative estimate of drug-likeness (QED) is 0.706. The number of likely N-dealkylation sites (N-methyl/N-ethyl adjacent to an activating group) is 1. The summed E-state index contributed by atoms with van der Waals surface area (Å²) in [5.41, 5.74) is 1.87. The molecule has 0 aliphatic rings. The van der Waals surface area contributed by atoms with Crippen LogP contribution in [0, 0.1) is 6.92 Å². The number of amides is 3. The molecule has 27 heavy (non-hydrogen) atoms. The molecule has 2 aromatic rings. The number of hydrogen-bond donors (Lipinski definition) is 2. The summed E-state index contributed by atoms with van der Waals surface area (Å²) >= 11 is 9.32. The molecule has 2 aromatic carbocycles. The number of rotatable bonds is 6. The topological polar surface area (TPSA) is 78.5 Å². The number of carbonyl (C=O) groups is 3. The van der Waals surface area contributed by atoms with Crippen LogP contribution < -0.4 is 10.6 Å². The van der Waals surface area contributed by atoms with Gasteiger partial charge in [-0.15, -0.1) is 0 Å². The fourth-order valence-corrected chi connectivity index (χ4v) is 2.99. The van der Waals surface area contributed by atoms with Gasteiger partial charge in [-0.2, -0.15) is 0 Å². The molecule has 0 saturated carbocycles. The lowest BCUT2D eigenvalue weighted by molar-refractivity contribution is -0.132. The van der Waals surface area contributed by atoms with E-state index in [0.717, 1.165) is 10.0 Å². The van der Waals surface area contributed by atoms with Crippen molar-refractivity contribution in [2.24, 2.45) is 0 Å². The summed E-state index contributed by atoms with van der Waals surface area (Å²) in [6.45, 7) is 1.51. The summed E-state index contributed by atoms with van der Waals surface area (Å²) in [6.07, 6.45) is 0. The summed E-state index contributed by atoms with van der Waals surface area (Å²) in [7, 11) is 1.50. The van der Waals surface area contributed by atoms with Crippen molar-refractivity contribution in [2.45, 2.75) is 6.92 Å². The minimum atomic E-state index is -0.447. The van der Waals surface area contributed by atoms with E-state index in [0.29, 0.717) is 10.7 Å². The van der Waals surface area contributed by atoms with Gasteiger partial charge in [0.25, 0.3) is 5.91 Å². The van der Waals surface area contributed by atoms with Crippen molar-refractivity contribution >= 4 is 50.9 Å². The third kappa shape index (κ3) is 6.08. The summed E-state index contributed by atoms with van der Waals surface area (Å²) in [5, 5.41) is 5.58. The summed E-state index contributed by atoms with van der Waals surface area (Å²) < 4.78 is 0.916. The van der Waals surface area contributed by atoms with E-state index in [4.69, 9.17) is 11.6 Å². The molecule has 0 radical (unpaired) electrons. The third-order valence-corrected chi connectivity index (χ3v) is 4.61. The summed E-state index contributed by atoms with van der Waals surface area (Å²) in [4.78, 5) is 37.6. The van der Waals surface area contributed by atoms with Crippen LogP contribution in [0.15, 0.2) is 46.9 Å². The minimum absolute atomic E-state index is 0.129. The van der Waals surface area contributed by atoms with Crippen molar-refractivity contribution in [3.8, 4) is 0 Å². The van der Waals surface area contributed by atoms with Crippen molar-refractivity contribution in [1.29, 1.82) is 0 Å². The number of benzene rings is 2. The first kappa shape index (κ1) is 20.9. The van der Waals surface area contributed by atoms with E-state index in [1.165, 1.54) is 11.9 Å². The maximum atomic E-state index is 12.2. The highest BCUT2D eigenvalue weighted by Crippen LogP contribution is 2.20. The molecule has 0 bridgehead atoms. The van der Waals surface area contributed by atoms with Gasteiger partial charge < -0.3 is 15.5 Å². The number of aryl methyl sites for hydroxylation is 1. The Bertz CT molecular complexity index is 873. The van der Waals surface area contributed by atoms with Gasteiger partial charge in [-0.25, -0.2) is 0 Å². The molecule has 8 heteroatoms. The van der Waals surface area contributed by atoms with Crippen LogP contribution in [0.4, 0.5) is 5.69 Å². The number of halogens is 2. The lowest BCUT2D eigenvalue weighted by Gasteiger charge is -2.18. The van der Waals surface area contributed by atoms with Crippen LogP contribution in [-0.4, -0.2) is 42.8 Å². The second kappa shape index (κ2) is 9.53. The van der Waals surface area contributed by atoms with E-state index in [-0.39, 0.29) is 24.6 Å².